The zero-order valence-corrected chi connectivity index (χ0v) is 25.9. The van der Waals surface area contributed by atoms with Crippen LogP contribution in [0.5, 0.6) is 5.75 Å². The van der Waals surface area contributed by atoms with Crippen LogP contribution in [0, 0.1) is 5.92 Å². The minimum atomic E-state index is -1.30. The molecule has 1 saturated heterocycles. The average molecular weight is 631 g/mol. The molecule has 248 valence electrons. The summed E-state index contributed by atoms with van der Waals surface area (Å²) >= 11 is 0. The van der Waals surface area contributed by atoms with Crippen molar-refractivity contribution >= 4 is 35.4 Å². The highest BCUT2D eigenvalue weighted by Gasteiger charge is 2.41. The normalized spacial score (nSPS) is 18.0. The lowest BCUT2D eigenvalue weighted by atomic mass is 9.83. The Kier molecular flexibility index (Phi) is 14.3. The van der Waals surface area contributed by atoms with Gasteiger partial charge in [-0.3, -0.25) is 28.8 Å². The van der Waals surface area contributed by atoms with Gasteiger partial charge in [-0.25, -0.2) is 0 Å². The van der Waals surface area contributed by atoms with E-state index in [1.54, 1.807) is 31.2 Å². The van der Waals surface area contributed by atoms with Crippen molar-refractivity contribution in [2.24, 2.45) is 5.92 Å². The van der Waals surface area contributed by atoms with Gasteiger partial charge in [-0.2, -0.15) is 0 Å². The standard InChI is InChI=1S/C32H46N4O9/c1-2-9-24(29(41)31(43)33-20-27(39)40)34-30(42)25-14-7-15-36(25)32(44)28(22-11-4-3-5-12-22)35-26(38)19-21-10-6-13-23(18-21)45-17-8-16-37/h6,10,13,18,22,24-25,28,37H,2-5,7-9,11-12,14-17,19-20H2,1H3,(H,33,43)(H,34,42)(H,35,38)(H,39,40)/t24?,25?,28-/m0/s1. The van der Waals surface area contributed by atoms with Crippen molar-refractivity contribution in [3.8, 4) is 5.75 Å². The molecule has 5 N–H and O–H groups in total. The van der Waals surface area contributed by atoms with E-state index in [1.807, 2.05) is 5.32 Å². The van der Waals surface area contributed by atoms with E-state index in [0.717, 1.165) is 32.1 Å². The van der Waals surface area contributed by atoms with E-state index in [0.29, 0.717) is 50.1 Å². The third-order valence-electron chi connectivity index (χ3n) is 8.21. The van der Waals surface area contributed by atoms with Crippen molar-refractivity contribution < 1.29 is 43.7 Å². The summed E-state index contributed by atoms with van der Waals surface area (Å²) in [6.07, 6.45) is 6.56. The number of carboxylic acid groups (broad SMARTS) is 1. The number of carbonyl (C=O) groups is 6. The summed E-state index contributed by atoms with van der Waals surface area (Å²) in [5.41, 5.74) is 0.710. The van der Waals surface area contributed by atoms with E-state index in [2.05, 4.69) is 10.6 Å². The number of hydrogen-bond acceptors (Lipinski definition) is 8. The Bertz CT molecular complexity index is 1200. The second-order valence-electron chi connectivity index (χ2n) is 11.7. The number of aliphatic carboxylic acids is 1. The fourth-order valence-corrected chi connectivity index (χ4v) is 5.97. The van der Waals surface area contributed by atoms with E-state index in [9.17, 15) is 28.8 Å². The molecule has 0 aromatic heterocycles. The third-order valence-corrected chi connectivity index (χ3v) is 8.21. The molecule has 1 aromatic carbocycles. The Morgan fingerprint density at radius 3 is 2.47 bits per heavy atom. The van der Waals surface area contributed by atoms with Crippen LogP contribution in [0.4, 0.5) is 0 Å². The van der Waals surface area contributed by atoms with Crippen LogP contribution in [-0.4, -0.2) is 94.9 Å². The van der Waals surface area contributed by atoms with Crippen LogP contribution >= 0.6 is 0 Å². The van der Waals surface area contributed by atoms with Gasteiger partial charge in [-0.1, -0.05) is 44.7 Å². The number of likely N-dealkylation sites (tertiary alicyclic amines) is 1. The molecule has 0 bridgehead atoms. The molecule has 0 spiro atoms. The Morgan fingerprint density at radius 2 is 1.78 bits per heavy atom. The molecule has 3 rings (SSSR count). The molecule has 45 heavy (non-hydrogen) atoms. The molecule has 2 aliphatic rings. The first-order chi connectivity index (χ1) is 21.6. The average Bonchev–Trinajstić information content (AvgIpc) is 3.53. The minimum absolute atomic E-state index is 0.0153. The van der Waals surface area contributed by atoms with Gasteiger partial charge in [-0.15, -0.1) is 0 Å². The van der Waals surface area contributed by atoms with Gasteiger partial charge in [0, 0.05) is 19.6 Å². The van der Waals surface area contributed by atoms with Crippen molar-refractivity contribution in [3.05, 3.63) is 29.8 Å². The molecule has 1 saturated carbocycles. The van der Waals surface area contributed by atoms with Gasteiger partial charge < -0.3 is 35.8 Å². The number of nitrogens with zero attached hydrogens (tertiary/aromatic N) is 1. The SMILES string of the molecule is CCCC(NC(=O)C1CCCN1C(=O)[C@@H](NC(=O)Cc1cccc(OCCCO)c1)C1CCCCC1)C(=O)C(=O)NCC(=O)O. The highest BCUT2D eigenvalue weighted by Crippen LogP contribution is 2.29. The molecule has 1 aliphatic heterocycles. The molecule has 13 heteroatoms. The fraction of sp³-hybridized carbons (Fsp3) is 0.625. The van der Waals surface area contributed by atoms with Gasteiger partial charge in [0.1, 0.15) is 24.4 Å². The largest absolute Gasteiger partial charge is 0.493 e. The fourth-order valence-electron chi connectivity index (χ4n) is 5.97. The minimum Gasteiger partial charge on any atom is -0.493 e. The number of ketones is 1. The van der Waals surface area contributed by atoms with Gasteiger partial charge >= 0.3 is 5.97 Å². The summed E-state index contributed by atoms with van der Waals surface area (Å²) < 4.78 is 5.62. The Labute approximate surface area is 263 Å². The van der Waals surface area contributed by atoms with Crippen molar-refractivity contribution in [3.63, 3.8) is 0 Å². The number of benzene rings is 1. The van der Waals surface area contributed by atoms with Crippen LogP contribution in [-0.2, 0) is 35.2 Å². The number of aliphatic hydroxyl groups is 1. The summed E-state index contributed by atoms with van der Waals surface area (Å²) in [7, 11) is 0. The number of amides is 4. The molecular weight excluding hydrogens is 584 g/mol. The molecule has 2 unspecified atom stereocenters. The van der Waals surface area contributed by atoms with E-state index in [4.69, 9.17) is 14.9 Å². The predicted octanol–water partition coefficient (Wildman–Crippen LogP) is 1.10. The van der Waals surface area contributed by atoms with Crippen LogP contribution in [0.1, 0.15) is 76.7 Å². The van der Waals surface area contributed by atoms with Crippen LogP contribution in [0.3, 0.4) is 0 Å². The van der Waals surface area contributed by atoms with Gasteiger partial charge in [-0.05, 0) is 55.7 Å². The monoisotopic (exact) mass is 630 g/mol. The maximum atomic E-state index is 14.1. The van der Waals surface area contributed by atoms with E-state index >= 15 is 0 Å². The lowest BCUT2D eigenvalue weighted by molar-refractivity contribution is -0.145. The van der Waals surface area contributed by atoms with Crippen LogP contribution in [0.25, 0.3) is 0 Å². The van der Waals surface area contributed by atoms with Crippen LogP contribution in [0.2, 0.25) is 0 Å². The molecule has 13 nitrogen and oxygen atoms in total. The summed E-state index contributed by atoms with van der Waals surface area (Å²) in [6, 6.07) is 4.25. The topological polar surface area (TPSA) is 191 Å². The van der Waals surface area contributed by atoms with Crippen molar-refractivity contribution in [2.75, 3.05) is 26.3 Å². The molecule has 2 fully saturated rings. The van der Waals surface area contributed by atoms with Gasteiger partial charge in [0.15, 0.2) is 0 Å². The first kappa shape index (κ1) is 35.5. The molecule has 4 amide bonds. The molecule has 1 aromatic rings. The maximum Gasteiger partial charge on any atom is 0.322 e. The number of Topliss-reactive ketones (excluding diaryl/α,β-unsaturated/α-hetero) is 1. The maximum absolute atomic E-state index is 14.1. The smallest absolute Gasteiger partial charge is 0.322 e. The second kappa shape index (κ2) is 18.1. The molecule has 0 radical (unpaired) electrons. The zero-order chi connectivity index (χ0) is 32.8. The number of aliphatic hydroxyl groups excluding tert-OH is 1. The van der Waals surface area contributed by atoms with Gasteiger partial charge in [0.2, 0.25) is 23.5 Å². The van der Waals surface area contributed by atoms with Crippen molar-refractivity contribution in [1.29, 1.82) is 0 Å². The summed E-state index contributed by atoms with van der Waals surface area (Å²) in [5.74, 6) is -4.08. The summed E-state index contributed by atoms with van der Waals surface area (Å²) in [6.45, 7) is 1.74. The molecule has 1 aliphatic carbocycles. The Balaban J connectivity index is 1.71. The zero-order valence-electron chi connectivity index (χ0n) is 25.9. The predicted molar refractivity (Wildman–Crippen MR) is 163 cm³/mol. The summed E-state index contributed by atoms with van der Waals surface area (Å²) in [4.78, 5) is 78.0. The number of ether oxygens (including phenoxy) is 1. The number of carbonyl (C=O) groups excluding carboxylic acids is 5. The first-order valence-corrected chi connectivity index (χ1v) is 15.9. The molecule has 3 atom stereocenters. The quantitative estimate of drug-likeness (QED) is 0.124. The second-order valence-corrected chi connectivity index (χ2v) is 11.7. The van der Waals surface area contributed by atoms with E-state index < -0.39 is 48.2 Å². The van der Waals surface area contributed by atoms with E-state index in [1.165, 1.54) is 4.90 Å². The number of rotatable bonds is 17. The van der Waals surface area contributed by atoms with Crippen LogP contribution < -0.4 is 20.7 Å². The van der Waals surface area contributed by atoms with Crippen molar-refractivity contribution in [1.82, 2.24) is 20.9 Å². The van der Waals surface area contributed by atoms with Crippen LogP contribution in [0.15, 0.2) is 24.3 Å². The number of nitrogens with one attached hydrogen (secondary N) is 3. The third kappa shape index (κ3) is 10.8. The lowest BCUT2D eigenvalue weighted by Gasteiger charge is -2.35. The highest BCUT2D eigenvalue weighted by atomic mass is 16.5. The molecular formula is C32H46N4O9. The molecule has 1 heterocycles. The van der Waals surface area contributed by atoms with E-state index in [-0.39, 0.29) is 37.2 Å². The van der Waals surface area contributed by atoms with Gasteiger partial charge in [0.05, 0.1) is 19.1 Å². The number of hydrogen-bond donors (Lipinski definition) is 5. The lowest BCUT2D eigenvalue weighted by Crippen LogP contribution is -2.58. The Hall–Kier alpha value is -4.00. The first-order valence-electron chi connectivity index (χ1n) is 15.9. The van der Waals surface area contributed by atoms with Gasteiger partial charge in [0.25, 0.3) is 5.91 Å². The van der Waals surface area contributed by atoms with Crippen molar-refractivity contribution in [2.45, 2.75) is 95.7 Å². The highest BCUT2D eigenvalue weighted by molar-refractivity contribution is 6.38. The number of carboxylic acids is 1. The summed E-state index contributed by atoms with van der Waals surface area (Å²) in [5, 5.41) is 25.4. The Morgan fingerprint density at radius 1 is 1.02 bits per heavy atom.